The van der Waals surface area contributed by atoms with Gasteiger partial charge in [0, 0.05) is 6.61 Å². The maximum Gasteiger partial charge on any atom is 0.530 e. The molecule has 0 radical (unpaired) electrons. The standard InChI is InChI=1S/C51H70ClN6O10P/c1-5-6-7-8-9-10-11-12-13-14-15-16-17-18-19-22-29-61-33-40(62-32-38-25-28-44(60-4)39(30-38)31-53)34-63-69(59,68-45-24-21-20-23-41(45)52)64-36-51(35-54)48-47(65-50(2,3)67-48)46(66-51)42-26-27-43-49(55)56-37-57-58(42)43/h20-21,23-28,30,37,40,46-48H,5-19,22,29,32-34,36H2,1-4H3,(H2,55,56,57)/t40-,46+,47+,48+,51-,69?/m1/s1. The fourth-order valence-corrected chi connectivity index (χ4v) is 10.2. The van der Waals surface area contributed by atoms with Gasteiger partial charge in [-0.2, -0.15) is 15.6 Å². The van der Waals surface area contributed by atoms with Gasteiger partial charge in [-0.3, -0.25) is 9.05 Å². The Bertz CT molecular complexity index is 2360. The number of rotatable bonds is 32. The van der Waals surface area contributed by atoms with Crippen LogP contribution in [0.1, 0.15) is 146 Å². The summed E-state index contributed by atoms with van der Waals surface area (Å²) in [5.74, 6) is -0.405. The number of hydrogen-bond donors (Lipinski definition) is 1. The number of unbranched alkanes of at least 4 members (excludes halogenated alkanes) is 15. The van der Waals surface area contributed by atoms with Crippen molar-refractivity contribution in [1.29, 1.82) is 10.5 Å². The smallest absolute Gasteiger partial charge is 0.495 e. The van der Waals surface area contributed by atoms with Crippen LogP contribution in [0.5, 0.6) is 11.5 Å². The fourth-order valence-electron chi connectivity index (χ4n) is 8.72. The Morgan fingerprint density at radius 1 is 0.855 bits per heavy atom. The Labute approximate surface area is 412 Å². The minimum atomic E-state index is -4.67. The predicted octanol–water partition coefficient (Wildman–Crippen LogP) is 11.8. The molecule has 0 spiro atoms. The first-order valence-electron chi connectivity index (χ1n) is 24.6. The molecular weight excluding hydrogens is 923 g/mol. The summed E-state index contributed by atoms with van der Waals surface area (Å²) in [5.41, 5.74) is 6.37. The molecule has 4 heterocycles. The number of nitrogens with zero attached hydrogens (tertiary/aromatic N) is 5. The van der Waals surface area contributed by atoms with Gasteiger partial charge >= 0.3 is 7.82 Å². The number of benzene rings is 2. The van der Waals surface area contributed by atoms with Crippen LogP contribution >= 0.6 is 19.4 Å². The summed E-state index contributed by atoms with van der Waals surface area (Å²) in [7, 11) is -3.17. The van der Waals surface area contributed by atoms with E-state index in [1.807, 2.05) is 0 Å². The van der Waals surface area contributed by atoms with Crippen molar-refractivity contribution in [3.63, 3.8) is 0 Å². The molecule has 18 heteroatoms. The first-order valence-corrected chi connectivity index (χ1v) is 26.4. The van der Waals surface area contributed by atoms with E-state index < -0.39 is 50.2 Å². The highest BCUT2D eigenvalue weighted by Crippen LogP contribution is 2.55. The number of anilines is 1. The minimum Gasteiger partial charge on any atom is -0.495 e. The molecule has 2 aromatic heterocycles. The molecule has 2 N–H and O–H groups in total. The molecule has 0 saturated carbocycles. The number of phosphoric ester groups is 1. The molecule has 2 aliphatic heterocycles. The van der Waals surface area contributed by atoms with Crippen LogP contribution in [0.2, 0.25) is 5.02 Å². The van der Waals surface area contributed by atoms with Crippen molar-refractivity contribution in [1.82, 2.24) is 14.6 Å². The Morgan fingerprint density at radius 2 is 1.54 bits per heavy atom. The fraction of sp³-hybridized carbons (Fsp3) is 0.608. The van der Waals surface area contributed by atoms with Crippen molar-refractivity contribution in [3.8, 4) is 23.6 Å². The molecule has 2 aromatic carbocycles. The molecule has 0 bridgehead atoms. The van der Waals surface area contributed by atoms with Gasteiger partial charge in [0.05, 0.1) is 43.2 Å². The van der Waals surface area contributed by atoms with Crippen LogP contribution in [0, 0.1) is 22.7 Å². The molecular formula is C51H70ClN6O10P. The van der Waals surface area contributed by atoms with Crippen molar-refractivity contribution < 1.29 is 46.6 Å². The van der Waals surface area contributed by atoms with Gasteiger partial charge in [0.2, 0.25) is 5.60 Å². The van der Waals surface area contributed by atoms with Gasteiger partial charge in [0.25, 0.3) is 0 Å². The van der Waals surface area contributed by atoms with Crippen molar-refractivity contribution in [2.24, 2.45) is 0 Å². The maximum atomic E-state index is 14.9. The minimum absolute atomic E-state index is 0.0228. The zero-order valence-electron chi connectivity index (χ0n) is 40.7. The largest absolute Gasteiger partial charge is 0.530 e. The predicted molar refractivity (Wildman–Crippen MR) is 262 cm³/mol. The molecule has 0 aliphatic carbocycles. The molecule has 4 aromatic rings. The third kappa shape index (κ3) is 15.3. The van der Waals surface area contributed by atoms with Crippen LogP contribution < -0.4 is 15.0 Å². The lowest BCUT2D eigenvalue weighted by Gasteiger charge is -2.30. The molecule has 2 saturated heterocycles. The van der Waals surface area contributed by atoms with Crippen LogP contribution in [0.25, 0.3) is 5.52 Å². The summed E-state index contributed by atoms with van der Waals surface area (Å²) in [6.07, 6.45) is 18.1. The Hall–Kier alpha value is -4.32. The number of nitriles is 2. The molecule has 0 amide bonds. The summed E-state index contributed by atoms with van der Waals surface area (Å²) in [4.78, 5) is 4.08. The number of methoxy groups -OCH3 is 1. The van der Waals surface area contributed by atoms with Crippen LogP contribution in [0.3, 0.4) is 0 Å². The topological polar surface area (TPSA) is 204 Å². The zero-order valence-corrected chi connectivity index (χ0v) is 42.3. The van der Waals surface area contributed by atoms with Crippen LogP contribution in [0.4, 0.5) is 5.82 Å². The number of fused-ring (bicyclic) bond motifs is 2. The lowest BCUT2D eigenvalue weighted by Crippen LogP contribution is -2.46. The Morgan fingerprint density at radius 3 is 2.19 bits per heavy atom. The zero-order chi connectivity index (χ0) is 49.1. The monoisotopic (exact) mass is 992 g/mol. The maximum absolute atomic E-state index is 14.9. The van der Waals surface area contributed by atoms with E-state index in [0.29, 0.717) is 34.7 Å². The molecule has 2 aliphatic rings. The molecule has 376 valence electrons. The first kappa shape index (κ1) is 54.0. The van der Waals surface area contributed by atoms with E-state index in [1.54, 1.807) is 66.9 Å². The second-order valence-corrected chi connectivity index (χ2v) is 20.3. The lowest BCUT2D eigenvalue weighted by molar-refractivity contribution is -0.204. The second kappa shape index (κ2) is 26.8. The number of halogens is 1. The molecule has 6 atom stereocenters. The Balaban J connectivity index is 1.08. The van der Waals surface area contributed by atoms with Gasteiger partial charge in [0.1, 0.15) is 66.5 Å². The van der Waals surface area contributed by atoms with Gasteiger partial charge in [0.15, 0.2) is 11.6 Å². The van der Waals surface area contributed by atoms with Gasteiger partial charge in [-0.1, -0.05) is 133 Å². The average molecular weight is 994 g/mol. The molecule has 2 fully saturated rings. The third-order valence-corrected chi connectivity index (χ3v) is 14.1. The number of phosphoric acid groups is 1. The van der Waals surface area contributed by atoms with E-state index in [0.717, 1.165) is 19.3 Å². The quantitative estimate of drug-likeness (QED) is 0.0357. The summed E-state index contributed by atoms with van der Waals surface area (Å²) >= 11 is 6.50. The highest BCUT2D eigenvalue weighted by atomic mass is 35.5. The van der Waals surface area contributed by atoms with Gasteiger partial charge < -0.3 is 38.7 Å². The van der Waals surface area contributed by atoms with Crippen molar-refractivity contribution in [2.45, 2.75) is 166 Å². The van der Waals surface area contributed by atoms with Crippen molar-refractivity contribution in [3.05, 3.63) is 82.8 Å². The lowest BCUT2D eigenvalue weighted by atomic mass is 9.96. The normalized spacial score (nSPS) is 20.8. The number of nitrogen functional groups attached to an aromatic ring is 1. The third-order valence-electron chi connectivity index (χ3n) is 12.4. The van der Waals surface area contributed by atoms with E-state index in [9.17, 15) is 15.1 Å². The van der Waals surface area contributed by atoms with Gasteiger partial charge in [-0.05, 0) is 62.2 Å². The van der Waals surface area contributed by atoms with E-state index in [-0.39, 0.29) is 36.4 Å². The molecule has 6 rings (SSSR count). The van der Waals surface area contributed by atoms with Crippen LogP contribution in [-0.2, 0) is 43.9 Å². The summed E-state index contributed by atoms with van der Waals surface area (Å²) < 4.78 is 71.6. The highest BCUT2D eigenvalue weighted by Gasteiger charge is 2.65. The van der Waals surface area contributed by atoms with Crippen molar-refractivity contribution in [2.75, 3.05) is 39.3 Å². The van der Waals surface area contributed by atoms with Gasteiger partial charge in [-0.15, -0.1) is 0 Å². The van der Waals surface area contributed by atoms with Crippen LogP contribution in [0.15, 0.2) is 60.9 Å². The highest BCUT2D eigenvalue weighted by molar-refractivity contribution is 7.49. The van der Waals surface area contributed by atoms with E-state index in [1.165, 1.54) is 103 Å². The summed E-state index contributed by atoms with van der Waals surface area (Å²) in [5, 5.41) is 25.1. The molecule has 1 unspecified atom stereocenters. The van der Waals surface area contributed by atoms with Gasteiger partial charge in [-0.25, -0.2) is 14.1 Å². The van der Waals surface area contributed by atoms with Crippen LogP contribution in [-0.4, -0.2) is 77.8 Å². The number of ether oxygens (including phenoxy) is 6. The average Bonchev–Trinajstić information content (AvgIpc) is 4.02. The number of hydrogen-bond acceptors (Lipinski definition) is 15. The van der Waals surface area contributed by atoms with Crippen molar-refractivity contribution >= 4 is 30.8 Å². The van der Waals surface area contributed by atoms with E-state index >= 15 is 0 Å². The summed E-state index contributed by atoms with van der Waals surface area (Å²) in [6, 6.07) is 19.5. The number of nitrogens with two attached hydrogens (primary N) is 1. The number of para-hydroxylation sites is 1. The SMILES string of the molecule is CCCCCCCCCCCCCCCCCCOC[C@H](COP(=O)(OC[C@@]1(C#N)O[C@@H](c2ccc3c(N)ncnn23)[C@@H]2OC(C)(C)O[C@@H]21)Oc1ccccc1Cl)OCc1ccc(OC)c(C#N)c1. The van der Waals surface area contributed by atoms with E-state index in [2.05, 4.69) is 29.1 Å². The van der Waals surface area contributed by atoms with E-state index in [4.69, 9.17) is 59.3 Å². The number of aromatic nitrogens is 3. The molecule has 69 heavy (non-hydrogen) atoms. The Kier molecular flexibility index (Phi) is 21.0. The molecule has 16 nitrogen and oxygen atoms in total. The first-order chi connectivity index (χ1) is 33.4. The second-order valence-electron chi connectivity index (χ2n) is 18.3. The summed E-state index contributed by atoms with van der Waals surface area (Å²) in [6.45, 7) is 5.41.